The van der Waals surface area contributed by atoms with Crippen molar-refractivity contribution < 1.29 is 9.59 Å². The molecular formula is C17H33NO2. The standard InChI is InChI=1S/C17H33NO2/c1-4-10-16(19)12-6-8-14-18(3)15-9-7-13-17(20)11-5-2/h4-15H2,1-3H3. The van der Waals surface area contributed by atoms with Crippen LogP contribution in [0.25, 0.3) is 0 Å². The molecular weight excluding hydrogens is 250 g/mol. The fraction of sp³-hybridized carbons (Fsp3) is 0.882. The number of hydrogen-bond acceptors (Lipinski definition) is 3. The normalized spacial score (nSPS) is 11.0. The summed E-state index contributed by atoms with van der Waals surface area (Å²) in [6, 6.07) is 0. The van der Waals surface area contributed by atoms with E-state index in [4.69, 9.17) is 0 Å². The Balaban J connectivity index is 3.39. The summed E-state index contributed by atoms with van der Waals surface area (Å²) in [7, 11) is 2.13. The van der Waals surface area contributed by atoms with Gasteiger partial charge in [0, 0.05) is 25.7 Å². The molecule has 0 bridgehead atoms. The van der Waals surface area contributed by atoms with Crippen LogP contribution in [0.2, 0.25) is 0 Å². The second kappa shape index (κ2) is 13.3. The van der Waals surface area contributed by atoms with Gasteiger partial charge in [0.2, 0.25) is 0 Å². The van der Waals surface area contributed by atoms with E-state index in [2.05, 4.69) is 25.8 Å². The van der Waals surface area contributed by atoms with Crippen LogP contribution in [0.4, 0.5) is 0 Å². The molecule has 0 aliphatic carbocycles. The zero-order chi connectivity index (χ0) is 15.2. The predicted octanol–water partition coefficient (Wildman–Crippen LogP) is 4.00. The highest BCUT2D eigenvalue weighted by molar-refractivity contribution is 5.78. The second-order valence-corrected chi connectivity index (χ2v) is 5.79. The molecule has 0 aromatic heterocycles. The van der Waals surface area contributed by atoms with Gasteiger partial charge >= 0.3 is 0 Å². The zero-order valence-electron chi connectivity index (χ0n) is 13.7. The summed E-state index contributed by atoms with van der Waals surface area (Å²) in [5.41, 5.74) is 0. The van der Waals surface area contributed by atoms with Crippen molar-refractivity contribution in [1.82, 2.24) is 4.90 Å². The summed E-state index contributed by atoms with van der Waals surface area (Å²) in [6.45, 7) is 6.22. The Morgan fingerprint density at radius 2 is 1.10 bits per heavy atom. The first kappa shape index (κ1) is 19.3. The topological polar surface area (TPSA) is 37.4 Å². The molecule has 0 heterocycles. The molecule has 118 valence electrons. The van der Waals surface area contributed by atoms with Gasteiger partial charge in [-0.15, -0.1) is 0 Å². The third-order valence-corrected chi connectivity index (χ3v) is 3.55. The minimum absolute atomic E-state index is 0.407. The molecule has 0 fully saturated rings. The summed E-state index contributed by atoms with van der Waals surface area (Å²) in [4.78, 5) is 25.1. The highest BCUT2D eigenvalue weighted by Gasteiger charge is 2.03. The highest BCUT2D eigenvalue weighted by atomic mass is 16.1. The lowest BCUT2D eigenvalue weighted by atomic mass is 10.1. The third-order valence-electron chi connectivity index (χ3n) is 3.55. The van der Waals surface area contributed by atoms with Crippen LogP contribution in [0.3, 0.4) is 0 Å². The van der Waals surface area contributed by atoms with Crippen LogP contribution >= 0.6 is 0 Å². The molecule has 0 radical (unpaired) electrons. The molecule has 0 spiro atoms. The number of Topliss-reactive ketones (excluding diaryl/α,β-unsaturated/α-hetero) is 2. The van der Waals surface area contributed by atoms with Gasteiger partial charge in [-0.05, 0) is 58.7 Å². The first-order chi connectivity index (χ1) is 9.60. The number of carbonyl (C=O) groups excluding carboxylic acids is 2. The van der Waals surface area contributed by atoms with Crippen LogP contribution in [-0.4, -0.2) is 36.6 Å². The molecule has 0 unspecified atom stereocenters. The van der Waals surface area contributed by atoms with Gasteiger partial charge in [0.15, 0.2) is 0 Å². The molecule has 3 heteroatoms. The van der Waals surface area contributed by atoms with E-state index in [1.54, 1.807) is 0 Å². The minimum Gasteiger partial charge on any atom is -0.306 e. The number of ketones is 2. The molecule has 0 N–H and O–H groups in total. The summed E-state index contributed by atoms with van der Waals surface area (Å²) >= 11 is 0. The van der Waals surface area contributed by atoms with Gasteiger partial charge in [0.05, 0.1) is 0 Å². The largest absolute Gasteiger partial charge is 0.306 e. The fourth-order valence-electron chi connectivity index (χ4n) is 2.33. The molecule has 0 rings (SSSR count). The van der Waals surface area contributed by atoms with E-state index in [0.29, 0.717) is 11.6 Å². The molecule has 0 aliphatic rings. The smallest absolute Gasteiger partial charge is 0.132 e. The van der Waals surface area contributed by atoms with Crippen LogP contribution in [0.15, 0.2) is 0 Å². The number of rotatable bonds is 14. The Bertz CT molecular complexity index is 238. The van der Waals surface area contributed by atoms with E-state index in [1.807, 2.05) is 0 Å². The lowest BCUT2D eigenvalue weighted by Crippen LogP contribution is -2.21. The Morgan fingerprint density at radius 3 is 1.45 bits per heavy atom. The second-order valence-electron chi connectivity index (χ2n) is 5.79. The molecule has 0 aliphatic heterocycles. The van der Waals surface area contributed by atoms with Gasteiger partial charge in [-0.2, -0.15) is 0 Å². The van der Waals surface area contributed by atoms with Gasteiger partial charge in [-0.1, -0.05) is 13.8 Å². The van der Waals surface area contributed by atoms with Gasteiger partial charge in [0.1, 0.15) is 11.6 Å². The average Bonchev–Trinajstić information content (AvgIpc) is 2.40. The SMILES string of the molecule is CCCC(=O)CCCCN(C)CCCCC(=O)CCC. The first-order valence-corrected chi connectivity index (χ1v) is 8.32. The van der Waals surface area contributed by atoms with Crippen molar-refractivity contribution in [3.05, 3.63) is 0 Å². The van der Waals surface area contributed by atoms with Gasteiger partial charge in [-0.25, -0.2) is 0 Å². The van der Waals surface area contributed by atoms with Gasteiger partial charge in [0.25, 0.3) is 0 Å². The third kappa shape index (κ3) is 12.3. The minimum atomic E-state index is 0.407. The lowest BCUT2D eigenvalue weighted by Gasteiger charge is -2.16. The lowest BCUT2D eigenvalue weighted by molar-refractivity contribution is -0.120. The maximum absolute atomic E-state index is 11.4. The van der Waals surface area contributed by atoms with Crippen molar-refractivity contribution in [2.45, 2.75) is 78.1 Å². The molecule has 0 atom stereocenters. The molecule has 0 saturated carbocycles. The van der Waals surface area contributed by atoms with E-state index in [0.717, 1.165) is 77.3 Å². The highest BCUT2D eigenvalue weighted by Crippen LogP contribution is 2.05. The van der Waals surface area contributed by atoms with E-state index in [9.17, 15) is 9.59 Å². The van der Waals surface area contributed by atoms with Crippen molar-refractivity contribution in [2.75, 3.05) is 20.1 Å². The van der Waals surface area contributed by atoms with Gasteiger partial charge < -0.3 is 4.90 Å². The first-order valence-electron chi connectivity index (χ1n) is 8.32. The Hall–Kier alpha value is -0.700. The van der Waals surface area contributed by atoms with Crippen LogP contribution in [0.1, 0.15) is 78.1 Å². The summed E-state index contributed by atoms with van der Waals surface area (Å²) in [5.74, 6) is 0.814. The van der Waals surface area contributed by atoms with Crippen molar-refractivity contribution in [1.29, 1.82) is 0 Å². The van der Waals surface area contributed by atoms with Crippen molar-refractivity contribution in [3.8, 4) is 0 Å². The number of nitrogens with zero attached hydrogens (tertiary/aromatic N) is 1. The van der Waals surface area contributed by atoms with E-state index < -0.39 is 0 Å². The maximum atomic E-state index is 11.4. The molecule has 0 aromatic rings. The summed E-state index contributed by atoms with van der Waals surface area (Å²) in [5, 5.41) is 0. The van der Waals surface area contributed by atoms with Gasteiger partial charge in [-0.3, -0.25) is 9.59 Å². The van der Waals surface area contributed by atoms with Crippen LogP contribution in [0, 0.1) is 0 Å². The Kier molecular flexibility index (Phi) is 12.8. The molecule has 3 nitrogen and oxygen atoms in total. The van der Waals surface area contributed by atoms with Crippen LogP contribution in [0.5, 0.6) is 0 Å². The summed E-state index contributed by atoms with van der Waals surface area (Å²) in [6.07, 6.45) is 9.12. The average molecular weight is 283 g/mol. The van der Waals surface area contributed by atoms with Crippen LogP contribution < -0.4 is 0 Å². The predicted molar refractivity (Wildman–Crippen MR) is 85.0 cm³/mol. The van der Waals surface area contributed by atoms with Crippen molar-refractivity contribution in [3.63, 3.8) is 0 Å². The number of hydrogen-bond donors (Lipinski definition) is 0. The van der Waals surface area contributed by atoms with E-state index >= 15 is 0 Å². The van der Waals surface area contributed by atoms with E-state index in [1.165, 1.54) is 0 Å². The Morgan fingerprint density at radius 1 is 0.700 bits per heavy atom. The quantitative estimate of drug-likeness (QED) is 0.452. The number of unbranched alkanes of at least 4 members (excludes halogenated alkanes) is 2. The summed E-state index contributed by atoms with van der Waals surface area (Å²) < 4.78 is 0. The maximum Gasteiger partial charge on any atom is 0.132 e. The Labute approximate surface area is 125 Å². The van der Waals surface area contributed by atoms with Crippen molar-refractivity contribution >= 4 is 11.6 Å². The van der Waals surface area contributed by atoms with Crippen LogP contribution in [-0.2, 0) is 9.59 Å². The fourth-order valence-corrected chi connectivity index (χ4v) is 2.33. The molecule has 0 saturated heterocycles. The molecule has 0 amide bonds. The zero-order valence-corrected chi connectivity index (χ0v) is 13.7. The molecule has 20 heavy (non-hydrogen) atoms. The van der Waals surface area contributed by atoms with E-state index in [-0.39, 0.29) is 0 Å². The monoisotopic (exact) mass is 283 g/mol. The van der Waals surface area contributed by atoms with Crippen molar-refractivity contribution in [2.24, 2.45) is 0 Å². The molecule has 0 aromatic carbocycles. The number of carbonyl (C=O) groups is 2.